The van der Waals surface area contributed by atoms with Crippen molar-refractivity contribution in [2.45, 2.75) is 6.54 Å². The Morgan fingerprint density at radius 1 is 1.22 bits per heavy atom. The molecule has 2 aromatic carbocycles. The first-order valence-electron chi connectivity index (χ1n) is 8.19. The molecular formula is C19H17FN2O3S2. The van der Waals surface area contributed by atoms with Crippen LogP contribution in [0.15, 0.2) is 42.5 Å². The smallest absolute Gasteiger partial charge is 0.263 e. The molecular weight excluding hydrogens is 387 g/mol. The summed E-state index contributed by atoms with van der Waals surface area (Å²) in [5, 5.41) is 2.76. The van der Waals surface area contributed by atoms with Crippen LogP contribution >= 0.6 is 24.0 Å². The van der Waals surface area contributed by atoms with Gasteiger partial charge in [0, 0.05) is 18.8 Å². The Kier molecular flexibility index (Phi) is 6.08. The van der Waals surface area contributed by atoms with Crippen LogP contribution in [0, 0.1) is 5.82 Å². The van der Waals surface area contributed by atoms with E-state index in [0.29, 0.717) is 10.9 Å². The SMILES string of the molecule is COc1c(C(=O)NCc2ccc(F)cc2)cccc1C(=O)N1CCSC1=S. The molecule has 0 unspecified atom stereocenters. The lowest BCUT2D eigenvalue weighted by atomic mass is 10.1. The van der Waals surface area contributed by atoms with Crippen molar-refractivity contribution in [2.24, 2.45) is 0 Å². The number of methoxy groups -OCH3 is 1. The summed E-state index contributed by atoms with van der Waals surface area (Å²) in [6.07, 6.45) is 0. The second-order valence-corrected chi connectivity index (χ2v) is 7.50. The number of thiocarbonyl (C=S) groups is 1. The van der Waals surface area contributed by atoms with E-state index in [1.54, 1.807) is 30.3 Å². The summed E-state index contributed by atoms with van der Waals surface area (Å²) in [6.45, 7) is 0.764. The summed E-state index contributed by atoms with van der Waals surface area (Å²) in [5.74, 6) is -0.0425. The van der Waals surface area contributed by atoms with Crippen molar-refractivity contribution in [3.8, 4) is 5.75 Å². The van der Waals surface area contributed by atoms with Crippen molar-refractivity contribution in [1.29, 1.82) is 0 Å². The zero-order valence-corrected chi connectivity index (χ0v) is 16.2. The number of nitrogens with zero attached hydrogens (tertiary/aromatic N) is 1. The van der Waals surface area contributed by atoms with Crippen LogP contribution in [-0.4, -0.2) is 40.4 Å². The summed E-state index contributed by atoms with van der Waals surface area (Å²) >= 11 is 6.66. The highest BCUT2D eigenvalue weighted by molar-refractivity contribution is 8.23. The molecule has 2 aromatic rings. The Morgan fingerprint density at radius 3 is 2.56 bits per heavy atom. The Balaban J connectivity index is 1.80. The molecule has 27 heavy (non-hydrogen) atoms. The van der Waals surface area contributed by atoms with Gasteiger partial charge in [-0.25, -0.2) is 4.39 Å². The van der Waals surface area contributed by atoms with Crippen LogP contribution in [-0.2, 0) is 6.54 Å². The first-order valence-corrected chi connectivity index (χ1v) is 9.59. The Hall–Kier alpha value is -2.45. The summed E-state index contributed by atoms with van der Waals surface area (Å²) in [5.41, 5.74) is 1.30. The Bertz CT molecular complexity index is 887. The van der Waals surface area contributed by atoms with Gasteiger partial charge in [-0.15, -0.1) is 0 Å². The highest BCUT2D eigenvalue weighted by atomic mass is 32.2. The van der Waals surface area contributed by atoms with Crippen molar-refractivity contribution in [3.63, 3.8) is 0 Å². The normalized spacial score (nSPS) is 13.6. The first-order chi connectivity index (χ1) is 13.0. The molecule has 140 valence electrons. The number of hydrogen-bond acceptors (Lipinski definition) is 5. The van der Waals surface area contributed by atoms with Crippen LogP contribution in [0.4, 0.5) is 4.39 Å². The second-order valence-electron chi connectivity index (χ2n) is 5.77. The molecule has 3 rings (SSSR count). The number of carbonyl (C=O) groups excluding carboxylic acids is 2. The number of hydrogen-bond donors (Lipinski definition) is 1. The minimum absolute atomic E-state index is 0.207. The number of nitrogens with one attached hydrogen (secondary N) is 1. The van der Waals surface area contributed by atoms with Gasteiger partial charge < -0.3 is 10.1 Å². The molecule has 0 aliphatic carbocycles. The predicted octanol–water partition coefficient (Wildman–Crippen LogP) is 3.24. The third-order valence-electron chi connectivity index (χ3n) is 4.07. The van der Waals surface area contributed by atoms with E-state index in [9.17, 15) is 14.0 Å². The van der Waals surface area contributed by atoms with Crippen LogP contribution in [0.3, 0.4) is 0 Å². The predicted molar refractivity (Wildman–Crippen MR) is 107 cm³/mol. The molecule has 1 fully saturated rings. The third kappa shape index (κ3) is 4.28. The molecule has 1 aliphatic heterocycles. The van der Waals surface area contributed by atoms with Crippen molar-refractivity contribution in [3.05, 3.63) is 65.0 Å². The number of thioether (sulfide) groups is 1. The lowest BCUT2D eigenvalue weighted by Gasteiger charge is -2.18. The molecule has 0 radical (unpaired) electrons. The largest absolute Gasteiger partial charge is 0.495 e. The fourth-order valence-corrected chi connectivity index (χ4v) is 3.91. The second kappa shape index (κ2) is 8.49. The van der Waals surface area contributed by atoms with Crippen LogP contribution in [0.2, 0.25) is 0 Å². The number of carbonyl (C=O) groups is 2. The molecule has 0 atom stereocenters. The number of rotatable bonds is 5. The quantitative estimate of drug-likeness (QED) is 0.776. The maximum Gasteiger partial charge on any atom is 0.263 e. The molecule has 1 saturated heterocycles. The molecule has 1 N–H and O–H groups in total. The van der Waals surface area contributed by atoms with E-state index < -0.39 is 0 Å². The van der Waals surface area contributed by atoms with E-state index in [4.69, 9.17) is 17.0 Å². The summed E-state index contributed by atoms with van der Waals surface area (Å²) < 4.78 is 18.9. The zero-order valence-electron chi connectivity index (χ0n) is 14.5. The molecule has 2 amide bonds. The van der Waals surface area contributed by atoms with Crippen LogP contribution in [0.5, 0.6) is 5.75 Å². The van der Waals surface area contributed by atoms with Gasteiger partial charge in [0.25, 0.3) is 11.8 Å². The zero-order chi connectivity index (χ0) is 19.4. The average molecular weight is 404 g/mol. The molecule has 0 aromatic heterocycles. The van der Waals surface area contributed by atoms with E-state index in [2.05, 4.69) is 5.32 Å². The van der Waals surface area contributed by atoms with Crippen molar-refractivity contribution in [1.82, 2.24) is 10.2 Å². The van der Waals surface area contributed by atoms with Gasteiger partial charge in [-0.1, -0.05) is 42.2 Å². The minimum Gasteiger partial charge on any atom is -0.495 e. The van der Waals surface area contributed by atoms with Gasteiger partial charge in [0.2, 0.25) is 0 Å². The fraction of sp³-hybridized carbons (Fsp3) is 0.211. The molecule has 1 heterocycles. The van der Waals surface area contributed by atoms with Gasteiger partial charge in [-0.05, 0) is 29.8 Å². The number of halogens is 1. The molecule has 0 bridgehead atoms. The van der Waals surface area contributed by atoms with Crippen LogP contribution < -0.4 is 10.1 Å². The van der Waals surface area contributed by atoms with Crippen molar-refractivity contribution >= 4 is 40.1 Å². The number of para-hydroxylation sites is 1. The maximum atomic E-state index is 13.0. The third-order valence-corrected chi connectivity index (χ3v) is 5.49. The highest BCUT2D eigenvalue weighted by Crippen LogP contribution is 2.28. The van der Waals surface area contributed by atoms with Gasteiger partial charge in [0.15, 0.2) is 0 Å². The Labute approximate surface area is 165 Å². The standard InChI is InChI=1S/C19H17FN2O3S2/c1-25-16-14(17(23)21-11-12-5-7-13(20)8-6-12)3-2-4-15(16)18(24)22-9-10-27-19(22)26/h2-8H,9-11H2,1H3,(H,21,23). The average Bonchev–Trinajstić information content (AvgIpc) is 3.12. The monoisotopic (exact) mass is 404 g/mol. The fourth-order valence-electron chi connectivity index (χ4n) is 2.71. The van der Waals surface area contributed by atoms with Gasteiger partial charge in [-0.2, -0.15) is 0 Å². The van der Waals surface area contributed by atoms with Gasteiger partial charge in [0.05, 0.1) is 18.2 Å². The van der Waals surface area contributed by atoms with Crippen LogP contribution in [0.1, 0.15) is 26.3 Å². The number of amides is 2. The van der Waals surface area contributed by atoms with E-state index in [-0.39, 0.29) is 41.1 Å². The van der Waals surface area contributed by atoms with Crippen molar-refractivity contribution in [2.75, 3.05) is 19.4 Å². The number of ether oxygens (including phenoxy) is 1. The van der Waals surface area contributed by atoms with Crippen molar-refractivity contribution < 1.29 is 18.7 Å². The maximum absolute atomic E-state index is 13.0. The van der Waals surface area contributed by atoms with Gasteiger partial charge in [0.1, 0.15) is 15.9 Å². The number of benzene rings is 2. The lowest BCUT2D eigenvalue weighted by molar-refractivity contribution is 0.0858. The van der Waals surface area contributed by atoms with Gasteiger partial charge in [-0.3, -0.25) is 14.5 Å². The molecule has 0 saturated carbocycles. The van der Waals surface area contributed by atoms with E-state index >= 15 is 0 Å². The minimum atomic E-state index is -0.385. The van der Waals surface area contributed by atoms with E-state index in [0.717, 1.165) is 11.3 Å². The summed E-state index contributed by atoms with van der Waals surface area (Å²) in [4.78, 5) is 26.9. The van der Waals surface area contributed by atoms with Gasteiger partial charge >= 0.3 is 0 Å². The van der Waals surface area contributed by atoms with E-state index in [1.807, 2.05) is 0 Å². The Morgan fingerprint density at radius 2 is 1.93 bits per heavy atom. The summed E-state index contributed by atoms with van der Waals surface area (Å²) in [6, 6.07) is 10.7. The molecule has 0 spiro atoms. The molecule has 1 aliphatic rings. The highest BCUT2D eigenvalue weighted by Gasteiger charge is 2.29. The topological polar surface area (TPSA) is 58.6 Å². The summed E-state index contributed by atoms with van der Waals surface area (Å²) in [7, 11) is 1.42. The molecule has 5 nitrogen and oxygen atoms in total. The molecule has 8 heteroatoms. The first kappa shape index (κ1) is 19.3. The lowest BCUT2D eigenvalue weighted by Crippen LogP contribution is -2.31. The van der Waals surface area contributed by atoms with Crippen LogP contribution in [0.25, 0.3) is 0 Å². The van der Waals surface area contributed by atoms with E-state index in [1.165, 1.54) is 35.9 Å².